The van der Waals surface area contributed by atoms with Crippen LogP contribution in [-0.4, -0.2) is 18.2 Å². The number of benzene rings is 1. The number of hydrogen-bond donors (Lipinski definition) is 2. The minimum absolute atomic E-state index is 0.170. The lowest BCUT2D eigenvalue weighted by Gasteiger charge is -2.12. The van der Waals surface area contributed by atoms with Gasteiger partial charge < -0.3 is 15.6 Å². The van der Waals surface area contributed by atoms with Gasteiger partial charge in [-0.2, -0.15) is 0 Å². The number of hydrogen-bond acceptors (Lipinski definition) is 4. The highest BCUT2D eigenvalue weighted by Crippen LogP contribution is 2.27. The lowest BCUT2D eigenvalue weighted by atomic mass is 10.0. The summed E-state index contributed by atoms with van der Waals surface area (Å²) in [5.41, 5.74) is 6.78. The first-order valence-electron chi connectivity index (χ1n) is 4.85. The fourth-order valence-electron chi connectivity index (χ4n) is 1.30. The van der Waals surface area contributed by atoms with Crippen LogP contribution in [0.1, 0.15) is 24.4 Å². The number of phenolic OH excluding ortho intramolecular Hbond substituents is 1. The van der Waals surface area contributed by atoms with Gasteiger partial charge >= 0.3 is 5.97 Å². The lowest BCUT2D eigenvalue weighted by Crippen LogP contribution is -2.13. The number of ether oxygens (including phenoxy) is 1. The van der Waals surface area contributed by atoms with Gasteiger partial charge in [0.25, 0.3) is 0 Å². The van der Waals surface area contributed by atoms with Gasteiger partial charge in [0.15, 0.2) is 0 Å². The molecule has 0 fully saturated rings. The van der Waals surface area contributed by atoms with Gasteiger partial charge in [0, 0.05) is 12.5 Å². The molecule has 1 atom stereocenters. The van der Waals surface area contributed by atoms with Crippen LogP contribution in [0.15, 0.2) is 22.7 Å². The van der Waals surface area contributed by atoms with Crippen LogP contribution in [0, 0.1) is 0 Å². The van der Waals surface area contributed by atoms with Gasteiger partial charge in [0.05, 0.1) is 11.6 Å². The molecule has 1 unspecified atom stereocenters. The molecule has 1 aromatic rings. The maximum atomic E-state index is 10.9. The van der Waals surface area contributed by atoms with E-state index in [4.69, 9.17) is 5.73 Å². The number of phenols is 1. The Morgan fingerprint density at radius 1 is 1.62 bits per heavy atom. The Bertz CT molecular complexity index is 381. The molecule has 0 saturated heterocycles. The highest BCUT2D eigenvalue weighted by atomic mass is 79.9. The van der Waals surface area contributed by atoms with E-state index in [2.05, 4.69) is 20.7 Å². The largest absolute Gasteiger partial charge is 0.507 e. The third-order valence-corrected chi connectivity index (χ3v) is 2.92. The fourth-order valence-corrected chi connectivity index (χ4v) is 1.69. The molecular formula is C11H14BrNO3. The number of nitrogens with two attached hydrogens (primary N) is 1. The second-order valence-corrected chi connectivity index (χ2v) is 4.29. The molecule has 88 valence electrons. The standard InChI is InChI=1S/C11H14BrNO3/c1-16-11(15)5-3-9(13)7-2-4-10(14)8(12)6-7/h2,4,6,9,14H,3,5,13H2,1H3. The third kappa shape index (κ3) is 3.50. The molecule has 4 nitrogen and oxygen atoms in total. The average molecular weight is 288 g/mol. The zero-order valence-corrected chi connectivity index (χ0v) is 10.5. The Morgan fingerprint density at radius 3 is 2.88 bits per heavy atom. The van der Waals surface area contributed by atoms with E-state index in [1.165, 1.54) is 7.11 Å². The summed E-state index contributed by atoms with van der Waals surface area (Å²) in [6, 6.07) is 4.81. The van der Waals surface area contributed by atoms with Crippen molar-refractivity contribution in [1.29, 1.82) is 0 Å². The molecule has 1 rings (SSSR count). The number of rotatable bonds is 4. The molecule has 0 aliphatic rings. The molecule has 0 amide bonds. The van der Waals surface area contributed by atoms with Crippen LogP contribution in [0.5, 0.6) is 5.75 Å². The highest BCUT2D eigenvalue weighted by Gasteiger charge is 2.10. The third-order valence-electron chi connectivity index (χ3n) is 2.29. The molecule has 0 heterocycles. The molecule has 0 spiro atoms. The Morgan fingerprint density at radius 2 is 2.31 bits per heavy atom. The van der Waals surface area contributed by atoms with E-state index >= 15 is 0 Å². The van der Waals surface area contributed by atoms with E-state index in [-0.39, 0.29) is 24.2 Å². The molecule has 0 saturated carbocycles. The number of esters is 1. The Hall–Kier alpha value is -1.07. The molecule has 3 N–H and O–H groups in total. The first-order chi connectivity index (χ1) is 7.54. The van der Waals surface area contributed by atoms with Crippen LogP contribution in [0.2, 0.25) is 0 Å². The molecule has 16 heavy (non-hydrogen) atoms. The van der Waals surface area contributed by atoms with Crippen LogP contribution in [-0.2, 0) is 9.53 Å². The first kappa shape index (κ1) is 13.0. The number of aromatic hydroxyl groups is 1. The van der Waals surface area contributed by atoms with E-state index in [0.29, 0.717) is 10.9 Å². The maximum absolute atomic E-state index is 10.9. The van der Waals surface area contributed by atoms with Gasteiger partial charge in [-0.25, -0.2) is 0 Å². The van der Waals surface area contributed by atoms with Crippen LogP contribution in [0.3, 0.4) is 0 Å². The summed E-state index contributed by atoms with van der Waals surface area (Å²) in [6.45, 7) is 0. The highest BCUT2D eigenvalue weighted by molar-refractivity contribution is 9.10. The topological polar surface area (TPSA) is 72.5 Å². The quantitative estimate of drug-likeness (QED) is 0.832. The van der Waals surface area contributed by atoms with Crippen LogP contribution >= 0.6 is 15.9 Å². The van der Waals surface area contributed by atoms with Crippen molar-refractivity contribution in [2.24, 2.45) is 5.73 Å². The van der Waals surface area contributed by atoms with Crippen molar-refractivity contribution >= 4 is 21.9 Å². The van der Waals surface area contributed by atoms with Crippen molar-refractivity contribution in [2.75, 3.05) is 7.11 Å². The van der Waals surface area contributed by atoms with Gasteiger partial charge in [-0.05, 0) is 40.0 Å². The summed E-state index contributed by atoms with van der Waals surface area (Å²) in [5, 5.41) is 9.32. The predicted molar refractivity (Wildman–Crippen MR) is 64.0 cm³/mol. The molecule has 1 aromatic carbocycles. The van der Waals surface area contributed by atoms with E-state index in [0.717, 1.165) is 5.56 Å². The van der Waals surface area contributed by atoms with Gasteiger partial charge in [0.2, 0.25) is 0 Å². The van der Waals surface area contributed by atoms with Crippen molar-refractivity contribution in [3.8, 4) is 5.75 Å². The molecule has 0 radical (unpaired) electrons. The molecule has 0 aliphatic heterocycles. The van der Waals surface area contributed by atoms with Gasteiger partial charge in [-0.1, -0.05) is 6.07 Å². The Kier molecular flexibility index (Phi) is 4.76. The molecule has 5 heteroatoms. The summed E-state index contributed by atoms with van der Waals surface area (Å²) in [6.07, 6.45) is 0.806. The number of carbonyl (C=O) groups excluding carboxylic acids is 1. The second-order valence-electron chi connectivity index (χ2n) is 3.43. The number of methoxy groups -OCH3 is 1. The van der Waals surface area contributed by atoms with Crippen molar-refractivity contribution in [3.63, 3.8) is 0 Å². The zero-order valence-electron chi connectivity index (χ0n) is 8.94. The minimum Gasteiger partial charge on any atom is -0.507 e. The number of carbonyl (C=O) groups is 1. The zero-order chi connectivity index (χ0) is 12.1. The van der Waals surface area contributed by atoms with Crippen LogP contribution in [0.25, 0.3) is 0 Å². The summed E-state index contributed by atoms with van der Waals surface area (Å²) in [4.78, 5) is 10.9. The van der Waals surface area contributed by atoms with E-state index in [1.807, 2.05) is 0 Å². The van der Waals surface area contributed by atoms with Gasteiger partial charge in [0.1, 0.15) is 5.75 Å². The van der Waals surface area contributed by atoms with Crippen LogP contribution < -0.4 is 5.73 Å². The van der Waals surface area contributed by atoms with Crippen molar-refractivity contribution in [1.82, 2.24) is 0 Å². The van der Waals surface area contributed by atoms with E-state index in [1.54, 1.807) is 18.2 Å². The Labute approximate surface area is 103 Å². The molecule has 0 aliphatic carbocycles. The smallest absolute Gasteiger partial charge is 0.305 e. The van der Waals surface area contributed by atoms with Gasteiger partial charge in [-0.15, -0.1) is 0 Å². The Balaban J connectivity index is 2.62. The monoisotopic (exact) mass is 287 g/mol. The fraction of sp³-hybridized carbons (Fsp3) is 0.364. The van der Waals surface area contributed by atoms with Gasteiger partial charge in [-0.3, -0.25) is 4.79 Å². The van der Waals surface area contributed by atoms with Crippen molar-refractivity contribution in [3.05, 3.63) is 28.2 Å². The summed E-state index contributed by atoms with van der Waals surface area (Å²) in [5.74, 6) is -0.0998. The normalized spacial score (nSPS) is 12.2. The van der Waals surface area contributed by atoms with Crippen molar-refractivity contribution in [2.45, 2.75) is 18.9 Å². The SMILES string of the molecule is COC(=O)CCC(N)c1ccc(O)c(Br)c1. The lowest BCUT2D eigenvalue weighted by molar-refractivity contribution is -0.140. The van der Waals surface area contributed by atoms with E-state index < -0.39 is 0 Å². The van der Waals surface area contributed by atoms with Crippen molar-refractivity contribution < 1.29 is 14.6 Å². The van der Waals surface area contributed by atoms with E-state index in [9.17, 15) is 9.90 Å². The summed E-state index contributed by atoms with van der Waals surface area (Å²) < 4.78 is 5.13. The average Bonchev–Trinajstić information content (AvgIpc) is 2.29. The minimum atomic E-state index is -0.270. The second kappa shape index (κ2) is 5.86. The summed E-state index contributed by atoms with van der Waals surface area (Å²) in [7, 11) is 1.35. The summed E-state index contributed by atoms with van der Waals surface area (Å²) >= 11 is 3.21. The predicted octanol–water partition coefficient (Wildman–Crippen LogP) is 2.11. The molecular weight excluding hydrogens is 274 g/mol. The molecule has 0 aromatic heterocycles. The van der Waals surface area contributed by atoms with Crippen LogP contribution in [0.4, 0.5) is 0 Å². The first-order valence-corrected chi connectivity index (χ1v) is 5.64. The molecule has 0 bridgehead atoms. The number of halogens is 1. The maximum Gasteiger partial charge on any atom is 0.305 e.